The van der Waals surface area contributed by atoms with E-state index >= 15 is 0 Å². The van der Waals surface area contributed by atoms with Crippen LogP contribution in [0.15, 0.2) is 48.5 Å². The van der Waals surface area contributed by atoms with Crippen molar-refractivity contribution in [1.82, 2.24) is 0 Å². The van der Waals surface area contributed by atoms with Gasteiger partial charge >= 0.3 is 5.97 Å². The summed E-state index contributed by atoms with van der Waals surface area (Å²) in [6.45, 7) is 2.53. The Hall–Kier alpha value is -2.49. The molecule has 104 valence electrons. The number of hydrogen-bond acceptors (Lipinski definition) is 4. The zero-order valence-corrected chi connectivity index (χ0v) is 11.6. The molecular formula is C16H17NO3. The van der Waals surface area contributed by atoms with E-state index in [2.05, 4.69) is 5.32 Å². The number of esters is 1. The van der Waals surface area contributed by atoms with Gasteiger partial charge in [-0.15, -0.1) is 0 Å². The van der Waals surface area contributed by atoms with Crippen LogP contribution in [-0.4, -0.2) is 19.6 Å². The maximum atomic E-state index is 12.0. The highest BCUT2D eigenvalue weighted by molar-refractivity contribution is 5.91. The standard InChI is InChI=1S/C16H17NO3/c1-3-19-14-8-10-15(11-9-14)20-16(18)12-4-6-13(17-2)7-5-12/h4-11,17H,3H2,1-2H3. The lowest BCUT2D eigenvalue weighted by molar-refractivity contribution is 0.0734. The van der Waals surface area contributed by atoms with Gasteiger partial charge in [-0.2, -0.15) is 0 Å². The second-order valence-electron chi connectivity index (χ2n) is 4.12. The highest BCUT2D eigenvalue weighted by Gasteiger charge is 2.08. The molecule has 4 heteroatoms. The predicted octanol–water partition coefficient (Wildman–Crippen LogP) is 3.35. The Morgan fingerprint density at radius 2 is 1.60 bits per heavy atom. The molecule has 0 saturated heterocycles. The van der Waals surface area contributed by atoms with E-state index in [1.807, 2.05) is 26.1 Å². The first kappa shape index (κ1) is 13.9. The molecule has 0 fully saturated rings. The summed E-state index contributed by atoms with van der Waals surface area (Å²) in [6.07, 6.45) is 0. The molecule has 0 aromatic heterocycles. The third-order valence-electron chi connectivity index (χ3n) is 2.75. The van der Waals surface area contributed by atoms with Gasteiger partial charge in [0.25, 0.3) is 0 Å². The molecule has 0 aliphatic rings. The SMILES string of the molecule is CCOc1ccc(OC(=O)c2ccc(NC)cc2)cc1. The van der Waals surface area contributed by atoms with Gasteiger partial charge in [0.1, 0.15) is 11.5 Å². The van der Waals surface area contributed by atoms with Gasteiger partial charge in [0.05, 0.1) is 12.2 Å². The fraction of sp³-hybridized carbons (Fsp3) is 0.188. The summed E-state index contributed by atoms with van der Waals surface area (Å²) in [5.74, 6) is 0.874. The van der Waals surface area contributed by atoms with Gasteiger partial charge in [0.15, 0.2) is 0 Å². The smallest absolute Gasteiger partial charge is 0.343 e. The van der Waals surface area contributed by atoms with Crippen molar-refractivity contribution < 1.29 is 14.3 Å². The molecule has 0 heterocycles. The van der Waals surface area contributed by atoms with Gasteiger partial charge in [-0.25, -0.2) is 4.79 Å². The highest BCUT2D eigenvalue weighted by Crippen LogP contribution is 2.19. The quantitative estimate of drug-likeness (QED) is 0.669. The van der Waals surface area contributed by atoms with Crippen LogP contribution in [0.25, 0.3) is 0 Å². The van der Waals surface area contributed by atoms with E-state index in [4.69, 9.17) is 9.47 Å². The van der Waals surface area contributed by atoms with Crippen molar-refractivity contribution in [3.8, 4) is 11.5 Å². The third kappa shape index (κ3) is 3.51. The van der Waals surface area contributed by atoms with Gasteiger partial charge < -0.3 is 14.8 Å². The van der Waals surface area contributed by atoms with Gasteiger partial charge in [-0.1, -0.05) is 0 Å². The summed E-state index contributed by atoms with van der Waals surface area (Å²) in [5, 5.41) is 2.99. The van der Waals surface area contributed by atoms with Crippen LogP contribution in [0, 0.1) is 0 Å². The first-order valence-electron chi connectivity index (χ1n) is 6.46. The zero-order chi connectivity index (χ0) is 14.4. The van der Waals surface area contributed by atoms with Crippen LogP contribution in [0.5, 0.6) is 11.5 Å². The van der Waals surface area contributed by atoms with E-state index in [1.54, 1.807) is 36.4 Å². The molecule has 0 saturated carbocycles. The van der Waals surface area contributed by atoms with Crippen LogP contribution in [0.4, 0.5) is 5.69 Å². The maximum Gasteiger partial charge on any atom is 0.343 e. The summed E-state index contributed by atoms with van der Waals surface area (Å²) >= 11 is 0. The lowest BCUT2D eigenvalue weighted by atomic mass is 10.2. The molecule has 0 radical (unpaired) electrons. The summed E-state index contributed by atoms with van der Waals surface area (Å²) in [5.41, 5.74) is 1.46. The molecule has 0 amide bonds. The van der Waals surface area contributed by atoms with Gasteiger partial charge in [-0.05, 0) is 55.5 Å². The van der Waals surface area contributed by atoms with Gasteiger partial charge in [-0.3, -0.25) is 0 Å². The summed E-state index contributed by atoms with van der Waals surface area (Å²) in [4.78, 5) is 12.0. The molecule has 0 atom stereocenters. The van der Waals surface area contributed by atoms with Crippen molar-refractivity contribution in [3.05, 3.63) is 54.1 Å². The number of benzene rings is 2. The van der Waals surface area contributed by atoms with Gasteiger partial charge in [0.2, 0.25) is 0 Å². The Labute approximate surface area is 118 Å². The van der Waals surface area contributed by atoms with E-state index in [9.17, 15) is 4.79 Å². The number of rotatable bonds is 5. The Morgan fingerprint density at radius 3 is 2.15 bits per heavy atom. The first-order chi connectivity index (χ1) is 9.72. The van der Waals surface area contributed by atoms with Gasteiger partial charge in [0, 0.05) is 12.7 Å². The van der Waals surface area contributed by atoms with Crippen molar-refractivity contribution in [2.24, 2.45) is 0 Å². The predicted molar refractivity (Wildman–Crippen MR) is 78.6 cm³/mol. The lowest BCUT2D eigenvalue weighted by Crippen LogP contribution is -2.08. The number of hydrogen-bond donors (Lipinski definition) is 1. The van der Waals surface area contributed by atoms with Crippen LogP contribution >= 0.6 is 0 Å². The molecule has 20 heavy (non-hydrogen) atoms. The number of anilines is 1. The molecular weight excluding hydrogens is 254 g/mol. The molecule has 0 aliphatic heterocycles. The maximum absolute atomic E-state index is 12.0. The van der Waals surface area contributed by atoms with Crippen LogP contribution in [0.2, 0.25) is 0 Å². The van der Waals surface area contributed by atoms with E-state index in [0.717, 1.165) is 11.4 Å². The first-order valence-corrected chi connectivity index (χ1v) is 6.46. The molecule has 1 N–H and O–H groups in total. The average molecular weight is 271 g/mol. The number of nitrogens with one attached hydrogen (secondary N) is 1. The third-order valence-corrected chi connectivity index (χ3v) is 2.75. The second kappa shape index (κ2) is 6.61. The lowest BCUT2D eigenvalue weighted by Gasteiger charge is -2.07. The second-order valence-corrected chi connectivity index (χ2v) is 4.12. The molecule has 0 spiro atoms. The molecule has 4 nitrogen and oxygen atoms in total. The number of carbonyl (C=O) groups excluding carboxylic acids is 1. The monoisotopic (exact) mass is 271 g/mol. The summed E-state index contributed by atoms with van der Waals surface area (Å²) < 4.78 is 10.6. The minimum Gasteiger partial charge on any atom is -0.494 e. The van der Waals surface area contributed by atoms with Crippen molar-refractivity contribution in [1.29, 1.82) is 0 Å². The molecule has 2 aromatic rings. The minimum absolute atomic E-state index is 0.378. The summed E-state index contributed by atoms with van der Waals surface area (Å²) in [7, 11) is 1.83. The molecule has 0 bridgehead atoms. The van der Waals surface area contributed by atoms with E-state index in [0.29, 0.717) is 17.9 Å². The summed E-state index contributed by atoms with van der Waals surface area (Å²) in [6, 6.07) is 14.1. The highest BCUT2D eigenvalue weighted by atomic mass is 16.5. The largest absolute Gasteiger partial charge is 0.494 e. The Morgan fingerprint density at radius 1 is 1.00 bits per heavy atom. The van der Waals surface area contributed by atoms with Crippen molar-refractivity contribution >= 4 is 11.7 Å². The van der Waals surface area contributed by atoms with Crippen LogP contribution < -0.4 is 14.8 Å². The Balaban J connectivity index is 2.02. The topological polar surface area (TPSA) is 47.6 Å². The van der Waals surface area contributed by atoms with Crippen LogP contribution in [0.3, 0.4) is 0 Å². The fourth-order valence-corrected chi connectivity index (χ4v) is 1.71. The van der Waals surface area contributed by atoms with Crippen molar-refractivity contribution in [3.63, 3.8) is 0 Å². The van der Waals surface area contributed by atoms with E-state index < -0.39 is 0 Å². The van der Waals surface area contributed by atoms with Crippen LogP contribution in [0.1, 0.15) is 17.3 Å². The normalized spacial score (nSPS) is 9.90. The van der Waals surface area contributed by atoms with E-state index in [-0.39, 0.29) is 5.97 Å². The molecule has 0 aliphatic carbocycles. The van der Waals surface area contributed by atoms with E-state index in [1.165, 1.54) is 0 Å². The molecule has 2 rings (SSSR count). The average Bonchev–Trinajstić information content (AvgIpc) is 2.49. The van der Waals surface area contributed by atoms with Crippen LogP contribution in [-0.2, 0) is 0 Å². The number of carbonyl (C=O) groups is 1. The Kier molecular flexibility index (Phi) is 4.60. The molecule has 0 unspecified atom stereocenters. The van der Waals surface area contributed by atoms with Crippen molar-refractivity contribution in [2.45, 2.75) is 6.92 Å². The van der Waals surface area contributed by atoms with Crippen molar-refractivity contribution in [2.75, 3.05) is 19.0 Å². The zero-order valence-electron chi connectivity index (χ0n) is 11.6. The Bertz CT molecular complexity index is 561. The minimum atomic E-state index is -0.378. The molecule has 2 aromatic carbocycles. The number of ether oxygens (including phenoxy) is 2. The fourth-order valence-electron chi connectivity index (χ4n) is 1.71.